The molecule has 1 fully saturated rings. The van der Waals surface area contributed by atoms with Crippen molar-refractivity contribution in [3.05, 3.63) is 29.6 Å². The number of nitrogens with zero attached hydrogens (tertiary/aromatic N) is 2. The van der Waals surface area contributed by atoms with Crippen molar-refractivity contribution in [2.24, 2.45) is 0 Å². The van der Waals surface area contributed by atoms with Gasteiger partial charge in [0.1, 0.15) is 11.3 Å². The number of rotatable bonds is 4. The summed E-state index contributed by atoms with van der Waals surface area (Å²) in [6, 6.07) is 1.14. The van der Waals surface area contributed by atoms with Gasteiger partial charge in [0.05, 0.1) is 6.54 Å². The molecule has 1 aromatic heterocycles. The smallest absolute Gasteiger partial charge is 0.433 e. The Bertz CT molecular complexity index is 663. The van der Waals surface area contributed by atoms with Crippen LogP contribution in [0.25, 0.3) is 0 Å². The Morgan fingerprint density at radius 2 is 1.79 bits per heavy atom. The lowest BCUT2D eigenvalue weighted by molar-refractivity contribution is -0.141. The largest absolute Gasteiger partial charge is 0.444 e. The minimum atomic E-state index is -4.67. The molecular weight excluding hydrogens is 385 g/mol. The Hall–Kier alpha value is -1.97. The third-order valence-corrected chi connectivity index (χ3v) is 4.21. The predicted molar refractivity (Wildman–Crippen MR) is 92.0 cm³/mol. The summed E-state index contributed by atoms with van der Waals surface area (Å²) < 4.78 is 71.5. The molecule has 28 heavy (non-hydrogen) atoms. The van der Waals surface area contributed by atoms with Gasteiger partial charge in [-0.25, -0.2) is 4.79 Å². The van der Waals surface area contributed by atoms with Crippen LogP contribution in [-0.2, 0) is 16.8 Å². The highest BCUT2D eigenvalue weighted by molar-refractivity contribution is 5.68. The average Bonchev–Trinajstić information content (AvgIpc) is 2.54. The van der Waals surface area contributed by atoms with Crippen LogP contribution in [0.2, 0.25) is 0 Å². The van der Waals surface area contributed by atoms with Crippen LogP contribution in [0.5, 0.6) is 0 Å². The number of halogens is 5. The fourth-order valence-electron chi connectivity index (χ4n) is 2.86. The number of pyridine rings is 1. The Morgan fingerprint density at radius 3 is 2.25 bits per heavy atom. The lowest BCUT2D eigenvalue weighted by Crippen LogP contribution is -2.48. The normalized spacial score (nSPS) is 17.4. The quantitative estimate of drug-likeness (QED) is 0.758. The average molecular weight is 409 g/mol. The molecule has 2 rings (SSSR count). The molecule has 0 aromatic carbocycles. The zero-order valence-electron chi connectivity index (χ0n) is 15.9. The Kier molecular flexibility index (Phi) is 6.52. The standard InChI is InChI=1S/C18H24F5N3O2/c1-16(2,3)28-15(27)25-13-6-8-26(9-7-13)11-17(19,20)12-4-5-14(24-10-12)18(21,22)23/h4-5,10,13H,6-9,11H2,1-3H3,(H,25,27). The van der Waals surface area contributed by atoms with E-state index in [4.69, 9.17) is 4.74 Å². The molecule has 5 nitrogen and oxygen atoms in total. The van der Waals surface area contributed by atoms with Crippen LogP contribution in [-0.4, -0.2) is 47.3 Å². The number of likely N-dealkylation sites (tertiary alicyclic amines) is 1. The molecule has 0 atom stereocenters. The third-order valence-electron chi connectivity index (χ3n) is 4.21. The van der Waals surface area contributed by atoms with Crippen molar-refractivity contribution in [3.8, 4) is 0 Å². The minimum absolute atomic E-state index is 0.174. The maximum absolute atomic E-state index is 14.4. The van der Waals surface area contributed by atoms with Crippen LogP contribution >= 0.6 is 0 Å². The maximum atomic E-state index is 14.4. The first-order valence-corrected chi connectivity index (χ1v) is 8.90. The highest BCUT2D eigenvalue weighted by Gasteiger charge is 2.38. The first kappa shape index (κ1) is 22.3. The van der Waals surface area contributed by atoms with Crippen LogP contribution in [0.3, 0.4) is 0 Å². The van der Waals surface area contributed by atoms with Gasteiger partial charge < -0.3 is 10.1 Å². The van der Waals surface area contributed by atoms with E-state index in [9.17, 15) is 26.7 Å². The molecule has 1 saturated heterocycles. The molecule has 0 spiro atoms. The second-order valence-corrected chi connectivity index (χ2v) is 7.83. The summed E-state index contributed by atoms with van der Waals surface area (Å²) in [6.07, 6.45) is -3.70. The van der Waals surface area contributed by atoms with Gasteiger partial charge >= 0.3 is 12.3 Å². The number of carbonyl (C=O) groups excluding carboxylic acids is 1. The van der Waals surface area contributed by atoms with Gasteiger partial charge in [0.15, 0.2) is 0 Å². The number of nitrogens with one attached hydrogen (secondary N) is 1. The van der Waals surface area contributed by atoms with E-state index in [0.29, 0.717) is 38.2 Å². The number of aromatic nitrogens is 1. The number of piperidine rings is 1. The maximum Gasteiger partial charge on any atom is 0.433 e. The molecule has 1 amide bonds. The molecule has 1 aliphatic heterocycles. The van der Waals surface area contributed by atoms with Gasteiger partial charge in [-0.2, -0.15) is 22.0 Å². The number of alkyl carbamates (subject to hydrolysis) is 1. The van der Waals surface area contributed by atoms with Crippen LogP contribution < -0.4 is 5.32 Å². The molecule has 0 unspecified atom stereocenters. The van der Waals surface area contributed by atoms with E-state index in [0.717, 1.165) is 6.07 Å². The highest BCUT2D eigenvalue weighted by atomic mass is 19.4. The number of hydrogen-bond acceptors (Lipinski definition) is 4. The van der Waals surface area contributed by atoms with Crippen molar-refractivity contribution in [2.75, 3.05) is 19.6 Å². The zero-order chi connectivity index (χ0) is 21.2. The van der Waals surface area contributed by atoms with E-state index < -0.39 is 41.6 Å². The number of hydrogen-bond donors (Lipinski definition) is 1. The Labute approximate surface area is 160 Å². The van der Waals surface area contributed by atoms with E-state index in [1.54, 1.807) is 20.8 Å². The van der Waals surface area contributed by atoms with E-state index in [2.05, 4.69) is 10.3 Å². The van der Waals surface area contributed by atoms with E-state index in [1.807, 2.05) is 0 Å². The van der Waals surface area contributed by atoms with E-state index in [1.165, 1.54) is 4.90 Å². The molecule has 1 aliphatic rings. The first-order chi connectivity index (χ1) is 12.8. The van der Waals surface area contributed by atoms with Gasteiger partial charge in [-0.15, -0.1) is 0 Å². The van der Waals surface area contributed by atoms with Crippen LogP contribution in [0, 0.1) is 0 Å². The zero-order valence-corrected chi connectivity index (χ0v) is 15.9. The molecule has 0 saturated carbocycles. The van der Waals surface area contributed by atoms with Crippen LogP contribution in [0.1, 0.15) is 44.9 Å². The number of amides is 1. The lowest BCUT2D eigenvalue weighted by Gasteiger charge is -2.34. The van der Waals surface area contributed by atoms with Crippen molar-refractivity contribution >= 4 is 6.09 Å². The van der Waals surface area contributed by atoms with Crippen LogP contribution in [0.15, 0.2) is 18.3 Å². The summed E-state index contributed by atoms with van der Waals surface area (Å²) in [5.74, 6) is -3.33. The topological polar surface area (TPSA) is 54.5 Å². The lowest BCUT2D eigenvalue weighted by atomic mass is 10.0. The van der Waals surface area contributed by atoms with E-state index >= 15 is 0 Å². The number of carbonyl (C=O) groups is 1. The molecule has 0 aliphatic carbocycles. The van der Waals surface area contributed by atoms with Gasteiger partial charge in [0.2, 0.25) is 0 Å². The summed E-state index contributed by atoms with van der Waals surface area (Å²) in [4.78, 5) is 16.4. The van der Waals surface area contributed by atoms with Crippen molar-refractivity contribution in [1.82, 2.24) is 15.2 Å². The minimum Gasteiger partial charge on any atom is -0.444 e. The van der Waals surface area contributed by atoms with Crippen molar-refractivity contribution in [1.29, 1.82) is 0 Å². The first-order valence-electron chi connectivity index (χ1n) is 8.90. The second-order valence-electron chi connectivity index (χ2n) is 7.83. The van der Waals surface area contributed by atoms with Crippen LogP contribution in [0.4, 0.5) is 26.7 Å². The molecule has 1 N–H and O–H groups in total. The summed E-state index contributed by atoms with van der Waals surface area (Å²) in [6.45, 7) is 5.25. The molecule has 0 radical (unpaired) electrons. The number of alkyl halides is 5. The fraction of sp³-hybridized carbons (Fsp3) is 0.667. The highest BCUT2D eigenvalue weighted by Crippen LogP contribution is 2.32. The van der Waals surface area contributed by atoms with Gasteiger partial charge in [0, 0.05) is 30.9 Å². The predicted octanol–water partition coefficient (Wildman–Crippen LogP) is 4.18. The monoisotopic (exact) mass is 409 g/mol. The Balaban J connectivity index is 1.87. The van der Waals surface area contributed by atoms with Gasteiger partial charge in [-0.3, -0.25) is 9.88 Å². The summed E-state index contributed by atoms with van der Waals surface area (Å²) >= 11 is 0. The molecule has 1 aromatic rings. The fourth-order valence-corrected chi connectivity index (χ4v) is 2.86. The molecule has 2 heterocycles. The molecule has 158 valence electrons. The molecular formula is C18H24F5N3O2. The van der Waals surface area contributed by atoms with E-state index in [-0.39, 0.29) is 6.04 Å². The van der Waals surface area contributed by atoms with Crippen molar-refractivity contribution in [3.63, 3.8) is 0 Å². The number of ether oxygens (including phenoxy) is 1. The van der Waals surface area contributed by atoms with Crippen molar-refractivity contribution < 1.29 is 31.5 Å². The SMILES string of the molecule is CC(C)(C)OC(=O)NC1CCN(CC(F)(F)c2ccc(C(F)(F)F)nc2)CC1. The summed E-state index contributed by atoms with van der Waals surface area (Å²) in [7, 11) is 0. The summed E-state index contributed by atoms with van der Waals surface area (Å²) in [5.41, 5.74) is -2.39. The molecule has 10 heteroatoms. The van der Waals surface area contributed by atoms with Gasteiger partial charge in [0.25, 0.3) is 5.92 Å². The molecule has 0 bridgehead atoms. The van der Waals surface area contributed by atoms with Gasteiger partial charge in [-0.1, -0.05) is 0 Å². The van der Waals surface area contributed by atoms with Gasteiger partial charge in [-0.05, 0) is 45.7 Å². The summed E-state index contributed by atoms with van der Waals surface area (Å²) in [5, 5.41) is 2.72. The third kappa shape index (κ3) is 6.57. The Morgan fingerprint density at radius 1 is 1.18 bits per heavy atom. The second kappa shape index (κ2) is 8.18. The van der Waals surface area contributed by atoms with Crippen molar-refractivity contribution in [2.45, 2.75) is 57.4 Å².